The standard InChI is InChI=1S/C17H17ClF3N5O2/c1-7-10(15(27)28)11(8-4-2-3-5-9(8)18)12-13(22)25-16(23)26(14(12)24-7)6-17(19,20)21/h2-5,11,14,24H,6,22H2,1H3,(H2,23,25)(H,27,28). The fourth-order valence-electron chi connectivity index (χ4n) is 3.49. The minimum atomic E-state index is -4.57. The van der Waals surface area contributed by atoms with Crippen LogP contribution in [0.25, 0.3) is 0 Å². The molecule has 28 heavy (non-hydrogen) atoms. The fraction of sp³-hybridized carbons (Fsp3) is 0.294. The highest BCUT2D eigenvalue weighted by atomic mass is 35.5. The summed E-state index contributed by atoms with van der Waals surface area (Å²) in [7, 11) is 0. The van der Waals surface area contributed by atoms with Crippen molar-refractivity contribution in [2.45, 2.75) is 25.2 Å². The van der Waals surface area contributed by atoms with E-state index in [0.29, 0.717) is 5.56 Å². The molecule has 6 N–H and O–H groups in total. The Balaban J connectivity index is 2.24. The highest BCUT2D eigenvalue weighted by Crippen LogP contribution is 2.44. The lowest BCUT2D eigenvalue weighted by Crippen LogP contribution is -2.60. The van der Waals surface area contributed by atoms with Crippen LogP contribution in [0.15, 0.2) is 51.9 Å². The molecule has 2 unspecified atom stereocenters. The summed E-state index contributed by atoms with van der Waals surface area (Å²) >= 11 is 6.27. The molecule has 0 radical (unpaired) electrons. The van der Waals surface area contributed by atoms with E-state index in [2.05, 4.69) is 10.3 Å². The highest BCUT2D eigenvalue weighted by molar-refractivity contribution is 6.31. The Kier molecular flexibility index (Phi) is 4.92. The predicted molar refractivity (Wildman–Crippen MR) is 97.0 cm³/mol. The van der Waals surface area contributed by atoms with Gasteiger partial charge in [0, 0.05) is 22.2 Å². The minimum absolute atomic E-state index is 0.0788. The monoisotopic (exact) mass is 415 g/mol. The first-order chi connectivity index (χ1) is 13.0. The third-order valence-electron chi connectivity index (χ3n) is 4.58. The van der Waals surface area contributed by atoms with Crippen LogP contribution < -0.4 is 16.8 Å². The predicted octanol–water partition coefficient (Wildman–Crippen LogP) is 2.07. The lowest BCUT2D eigenvalue weighted by atomic mass is 9.78. The number of hydrogen-bond donors (Lipinski definition) is 4. The maximum Gasteiger partial charge on any atom is 0.406 e. The lowest BCUT2D eigenvalue weighted by Gasteiger charge is -2.44. The van der Waals surface area contributed by atoms with Crippen molar-refractivity contribution in [2.75, 3.05) is 6.54 Å². The van der Waals surface area contributed by atoms with E-state index in [1.165, 1.54) is 6.92 Å². The summed E-state index contributed by atoms with van der Waals surface area (Å²) in [6, 6.07) is 6.47. The largest absolute Gasteiger partial charge is 0.478 e. The maximum absolute atomic E-state index is 13.1. The second-order valence-corrected chi connectivity index (χ2v) is 6.81. The number of aliphatic carboxylic acids is 1. The first-order valence-electron chi connectivity index (χ1n) is 8.13. The maximum atomic E-state index is 13.1. The number of fused-ring (bicyclic) bond motifs is 1. The summed E-state index contributed by atoms with van der Waals surface area (Å²) < 4.78 is 39.3. The van der Waals surface area contributed by atoms with E-state index in [0.717, 1.165) is 4.90 Å². The van der Waals surface area contributed by atoms with Crippen molar-refractivity contribution in [1.82, 2.24) is 10.2 Å². The summed E-state index contributed by atoms with van der Waals surface area (Å²) in [6.07, 6.45) is -5.69. The summed E-state index contributed by atoms with van der Waals surface area (Å²) in [5, 5.41) is 12.8. The molecule has 0 bridgehead atoms. The number of alkyl halides is 3. The zero-order chi connectivity index (χ0) is 20.8. The van der Waals surface area contributed by atoms with E-state index >= 15 is 0 Å². The van der Waals surface area contributed by atoms with Gasteiger partial charge in [-0.3, -0.25) is 0 Å². The van der Waals surface area contributed by atoms with Crippen LogP contribution in [-0.4, -0.2) is 40.8 Å². The quantitative estimate of drug-likeness (QED) is 0.600. The van der Waals surface area contributed by atoms with Gasteiger partial charge in [0.2, 0.25) is 0 Å². The van der Waals surface area contributed by atoms with Crippen LogP contribution >= 0.6 is 11.6 Å². The van der Waals surface area contributed by atoms with Crippen molar-refractivity contribution in [2.24, 2.45) is 16.5 Å². The van der Waals surface area contributed by atoms with Gasteiger partial charge >= 0.3 is 12.1 Å². The molecule has 0 saturated heterocycles. The molecule has 1 aromatic rings. The SMILES string of the molecule is CC1=C(C(=O)O)C(c2ccccc2Cl)C2=C(N)N=C(N)N(CC(F)(F)F)C2N1. The molecule has 0 spiro atoms. The average molecular weight is 416 g/mol. The molecule has 0 fully saturated rings. The van der Waals surface area contributed by atoms with Crippen molar-refractivity contribution in [3.8, 4) is 0 Å². The van der Waals surface area contributed by atoms with Gasteiger partial charge in [0.1, 0.15) is 18.5 Å². The average Bonchev–Trinajstić information content (AvgIpc) is 2.56. The molecule has 1 aromatic carbocycles. The number of hydrogen-bond acceptors (Lipinski definition) is 6. The van der Waals surface area contributed by atoms with E-state index in [-0.39, 0.29) is 27.7 Å². The van der Waals surface area contributed by atoms with E-state index in [9.17, 15) is 23.1 Å². The molecule has 0 amide bonds. The molecule has 150 valence electrons. The number of carboxylic acids is 1. The van der Waals surface area contributed by atoms with Crippen LogP contribution in [0.5, 0.6) is 0 Å². The van der Waals surface area contributed by atoms with E-state index in [1.807, 2.05) is 0 Å². The molecule has 0 aliphatic carbocycles. The molecule has 3 rings (SSSR count). The summed E-state index contributed by atoms with van der Waals surface area (Å²) in [4.78, 5) is 16.6. The third kappa shape index (κ3) is 3.47. The number of carboxylic acid groups (broad SMARTS) is 1. The Morgan fingerprint density at radius 2 is 2.00 bits per heavy atom. The number of nitrogens with one attached hydrogen (secondary N) is 1. The molecule has 0 saturated carbocycles. The molecule has 2 aliphatic heterocycles. The normalized spacial score (nSPS) is 22.6. The van der Waals surface area contributed by atoms with Crippen LogP contribution in [-0.2, 0) is 4.79 Å². The molecule has 2 heterocycles. The van der Waals surface area contributed by atoms with Crippen LogP contribution in [0.1, 0.15) is 18.4 Å². The number of allylic oxidation sites excluding steroid dienone is 1. The summed E-state index contributed by atoms with van der Waals surface area (Å²) in [5.41, 5.74) is 12.3. The van der Waals surface area contributed by atoms with Crippen molar-refractivity contribution >= 4 is 23.5 Å². The van der Waals surface area contributed by atoms with Gasteiger partial charge in [-0.15, -0.1) is 0 Å². The van der Waals surface area contributed by atoms with Crippen LogP contribution in [0.2, 0.25) is 5.02 Å². The van der Waals surface area contributed by atoms with Crippen molar-refractivity contribution in [1.29, 1.82) is 0 Å². The van der Waals surface area contributed by atoms with Gasteiger partial charge in [0.15, 0.2) is 5.96 Å². The number of guanidine groups is 1. The minimum Gasteiger partial charge on any atom is -0.478 e. The van der Waals surface area contributed by atoms with Crippen molar-refractivity contribution < 1.29 is 23.1 Å². The number of benzene rings is 1. The van der Waals surface area contributed by atoms with Gasteiger partial charge in [-0.05, 0) is 18.6 Å². The van der Waals surface area contributed by atoms with Crippen LogP contribution in [0.4, 0.5) is 13.2 Å². The van der Waals surface area contributed by atoms with E-state index in [1.54, 1.807) is 24.3 Å². The Morgan fingerprint density at radius 3 is 2.57 bits per heavy atom. The van der Waals surface area contributed by atoms with Gasteiger partial charge in [-0.1, -0.05) is 29.8 Å². The molecule has 11 heteroatoms. The van der Waals surface area contributed by atoms with Gasteiger partial charge in [0.05, 0.1) is 5.57 Å². The molecule has 0 aromatic heterocycles. The van der Waals surface area contributed by atoms with Crippen LogP contribution in [0, 0.1) is 0 Å². The van der Waals surface area contributed by atoms with Gasteiger partial charge < -0.3 is 26.8 Å². The number of halogens is 4. The van der Waals surface area contributed by atoms with Gasteiger partial charge in [-0.25, -0.2) is 4.79 Å². The van der Waals surface area contributed by atoms with Crippen LogP contribution in [0.3, 0.4) is 0 Å². The molecular formula is C17H17ClF3N5O2. The van der Waals surface area contributed by atoms with Gasteiger partial charge in [0.25, 0.3) is 0 Å². The zero-order valence-corrected chi connectivity index (χ0v) is 15.3. The second kappa shape index (κ2) is 6.93. The van der Waals surface area contributed by atoms with E-state index < -0.39 is 36.7 Å². The number of aliphatic imine (C=N–C) groups is 1. The molecular weight excluding hydrogens is 399 g/mol. The van der Waals surface area contributed by atoms with Crippen molar-refractivity contribution in [3.63, 3.8) is 0 Å². The Labute approximate surface area is 163 Å². The Morgan fingerprint density at radius 1 is 1.36 bits per heavy atom. The lowest BCUT2D eigenvalue weighted by molar-refractivity contribution is -0.142. The van der Waals surface area contributed by atoms with E-state index in [4.69, 9.17) is 23.1 Å². The number of nitrogens with two attached hydrogens (primary N) is 2. The molecule has 2 atom stereocenters. The molecule has 2 aliphatic rings. The first kappa shape index (κ1) is 19.9. The first-order valence-corrected chi connectivity index (χ1v) is 8.51. The number of rotatable bonds is 3. The number of carbonyl (C=O) groups is 1. The third-order valence-corrected chi connectivity index (χ3v) is 4.93. The fourth-order valence-corrected chi connectivity index (χ4v) is 3.74. The smallest absolute Gasteiger partial charge is 0.406 e. The molecule has 7 nitrogen and oxygen atoms in total. The van der Waals surface area contributed by atoms with Gasteiger partial charge in [-0.2, -0.15) is 18.2 Å². The number of nitrogens with zero attached hydrogens (tertiary/aromatic N) is 2. The van der Waals surface area contributed by atoms with Crippen molar-refractivity contribution in [3.05, 3.63) is 57.5 Å². The zero-order valence-electron chi connectivity index (χ0n) is 14.6. The summed E-state index contributed by atoms with van der Waals surface area (Å²) in [6.45, 7) is 0.0791. The Hall–Kier alpha value is -2.88. The highest BCUT2D eigenvalue weighted by Gasteiger charge is 2.46. The second-order valence-electron chi connectivity index (χ2n) is 6.40. The summed E-state index contributed by atoms with van der Waals surface area (Å²) in [5.74, 6) is -2.81. The Bertz CT molecular complexity index is 926. The topological polar surface area (TPSA) is 117 Å².